The summed E-state index contributed by atoms with van der Waals surface area (Å²) in [5.74, 6) is -0.502. The van der Waals surface area contributed by atoms with Gasteiger partial charge >= 0.3 is 0 Å². The lowest BCUT2D eigenvalue weighted by Crippen LogP contribution is -2.57. The van der Waals surface area contributed by atoms with Gasteiger partial charge in [-0.05, 0) is 61.5 Å². The predicted molar refractivity (Wildman–Crippen MR) is 125 cm³/mol. The van der Waals surface area contributed by atoms with Crippen LogP contribution in [0.5, 0.6) is 0 Å². The highest BCUT2D eigenvalue weighted by atomic mass is 32.1. The minimum absolute atomic E-state index is 0.00565. The van der Waals surface area contributed by atoms with Crippen LogP contribution in [0.2, 0.25) is 0 Å². The van der Waals surface area contributed by atoms with E-state index in [-0.39, 0.29) is 34.1 Å². The molecule has 2 aromatic rings. The van der Waals surface area contributed by atoms with Crippen molar-refractivity contribution in [2.45, 2.75) is 37.8 Å². The molecule has 0 heterocycles. The summed E-state index contributed by atoms with van der Waals surface area (Å²) in [6.45, 7) is 0. The average molecular weight is 441 g/mol. The summed E-state index contributed by atoms with van der Waals surface area (Å²) in [5.41, 5.74) is 1.09. The van der Waals surface area contributed by atoms with Gasteiger partial charge in [0.05, 0.1) is 0 Å². The Morgan fingerprint density at radius 1 is 0.667 bits per heavy atom. The summed E-state index contributed by atoms with van der Waals surface area (Å²) < 4.78 is 0. The Balaban J connectivity index is 1.52. The van der Waals surface area contributed by atoms with Gasteiger partial charge in [-0.1, -0.05) is 49.2 Å². The van der Waals surface area contributed by atoms with Crippen molar-refractivity contribution in [1.82, 2.24) is 21.3 Å². The molecule has 30 heavy (non-hydrogen) atoms. The zero-order valence-electron chi connectivity index (χ0n) is 16.4. The van der Waals surface area contributed by atoms with E-state index in [9.17, 15) is 9.59 Å². The van der Waals surface area contributed by atoms with E-state index in [1.807, 2.05) is 12.1 Å². The molecule has 1 fully saturated rings. The molecule has 4 N–H and O–H groups in total. The number of thiocarbonyl (C=S) groups is 2. The van der Waals surface area contributed by atoms with Crippen molar-refractivity contribution >= 4 is 46.5 Å². The Bertz CT molecular complexity index is 830. The van der Waals surface area contributed by atoms with Crippen LogP contribution >= 0.6 is 24.4 Å². The third-order valence-corrected chi connectivity index (χ3v) is 5.36. The standard InChI is InChI=1S/C22H24N4O2S2/c27-19(15-9-3-1-4-10-15)25-21(29)23-17-13-7-8-14-18(17)24-22(30)26-20(28)16-11-5-2-6-12-16/h1-6,9-12,17-18H,7-8,13-14H2,(H2,23,25,27,29)(H2,24,26,28,30)/t17-,18-/m0/s1. The molecule has 0 spiro atoms. The summed E-state index contributed by atoms with van der Waals surface area (Å²) in [6, 6.07) is 17.8. The predicted octanol–water partition coefficient (Wildman–Crippen LogP) is 2.91. The van der Waals surface area contributed by atoms with Gasteiger partial charge in [0.15, 0.2) is 10.2 Å². The minimum Gasteiger partial charge on any atom is -0.358 e. The maximum absolute atomic E-state index is 12.3. The third-order valence-electron chi connectivity index (χ3n) is 4.93. The second-order valence-electron chi connectivity index (χ2n) is 7.08. The average Bonchev–Trinajstić information content (AvgIpc) is 2.76. The molecular weight excluding hydrogens is 416 g/mol. The molecule has 2 amide bonds. The Hall–Kier alpha value is -2.84. The maximum Gasteiger partial charge on any atom is 0.257 e. The number of amides is 2. The van der Waals surface area contributed by atoms with Crippen LogP contribution in [0, 0.1) is 0 Å². The van der Waals surface area contributed by atoms with E-state index < -0.39 is 0 Å². The monoisotopic (exact) mass is 440 g/mol. The SMILES string of the molecule is O=C(NC(=S)N[C@H]1CCCC[C@@H]1NC(=S)NC(=O)c1ccccc1)c1ccccc1. The lowest BCUT2D eigenvalue weighted by Gasteiger charge is -2.34. The van der Waals surface area contributed by atoms with E-state index in [0.29, 0.717) is 11.1 Å². The fourth-order valence-corrected chi connectivity index (χ4v) is 3.90. The first kappa shape index (κ1) is 21.9. The Morgan fingerprint density at radius 3 is 1.40 bits per heavy atom. The molecule has 6 nitrogen and oxygen atoms in total. The summed E-state index contributed by atoms with van der Waals surface area (Å²) in [4.78, 5) is 24.6. The molecule has 0 saturated heterocycles. The van der Waals surface area contributed by atoms with Crippen molar-refractivity contribution in [2.24, 2.45) is 0 Å². The van der Waals surface area contributed by atoms with Gasteiger partial charge in [0.25, 0.3) is 11.8 Å². The van der Waals surface area contributed by atoms with Crippen LogP contribution in [0.3, 0.4) is 0 Å². The summed E-state index contributed by atoms with van der Waals surface area (Å²) in [5, 5.41) is 12.5. The van der Waals surface area contributed by atoms with Crippen molar-refractivity contribution in [3.8, 4) is 0 Å². The van der Waals surface area contributed by atoms with Crippen molar-refractivity contribution in [3.05, 3.63) is 71.8 Å². The molecule has 3 rings (SSSR count). The van der Waals surface area contributed by atoms with E-state index in [2.05, 4.69) is 21.3 Å². The lowest BCUT2D eigenvalue weighted by atomic mass is 9.90. The number of rotatable bonds is 4. The lowest BCUT2D eigenvalue weighted by molar-refractivity contribution is 0.0967. The highest BCUT2D eigenvalue weighted by molar-refractivity contribution is 7.80. The van der Waals surface area contributed by atoms with Gasteiger partial charge in [-0.25, -0.2) is 0 Å². The number of hydrogen-bond acceptors (Lipinski definition) is 4. The fraction of sp³-hybridized carbons (Fsp3) is 0.273. The first-order chi connectivity index (χ1) is 14.5. The first-order valence-electron chi connectivity index (χ1n) is 9.87. The molecule has 0 aliphatic heterocycles. The van der Waals surface area contributed by atoms with Gasteiger partial charge in [-0.3, -0.25) is 20.2 Å². The summed E-state index contributed by atoms with van der Waals surface area (Å²) in [6.07, 6.45) is 3.87. The van der Waals surface area contributed by atoms with Gasteiger partial charge in [-0.2, -0.15) is 0 Å². The van der Waals surface area contributed by atoms with E-state index in [1.54, 1.807) is 48.5 Å². The number of benzene rings is 2. The fourth-order valence-electron chi connectivity index (χ4n) is 3.41. The smallest absolute Gasteiger partial charge is 0.257 e. The molecule has 1 saturated carbocycles. The number of hydrogen-bond donors (Lipinski definition) is 4. The van der Waals surface area contributed by atoms with Crippen LogP contribution in [-0.2, 0) is 0 Å². The second kappa shape index (κ2) is 10.8. The quantitative estimate of drug-likeness (QED) is 0.548. The molecular formula is C22H24N4O2S2. The topological polar surface area (TPSA) is 82.3 Å². The van der Waals surface area contributed by atoms with Crippen LogP contribution in [0.15, 0.2) is 60.7 Å². The molecule has 0 aromatic heterocycles. The number of carbonyl (C=O) groups excluding carboxylic acids is 2. The van der Waals surface area contributed by atoms with E-state index in [1.165, 1.54) is 0 Å². The van der Waals surface area contributed by atoms with Gasteiger partial charge in [0, 0.05) is 23.2 Å². The van der Waals surface area contributed by atoms with Crippen LogP contribution in [0.4, 0.5) is 0 Å². The molecule has 0 bridgehead atoms. The Kier molecular flexibility index (Phi) is 7.87. The Morgan fingerprint density at radius 2 is 1.03 bits per heavy atom. The summed E-state index contributed by atoms with van der Waals surface area (Å²) in [7, 11) is 0. The van der Waals surface area contributed by atoms with Crippen molar-refractivity contribution in [3.63, 3.8) is 0 Å². The van der Waals surface area contributed by atoms with Gasteiger partial charge in [0.2, 0.25) is 0 Å². The molecule has 156 valence electrons. The van der Waals surface area contributed by atoms with Gasteiger partial charge in [-0.15, -0.1) is 0 Å². The molecule has 2 aromatic carbocycles. The van der Waals surface area contributed by atoms with E-state index >= 15 is 0 Å². The van der Waals surface area contributed by atoms with E-state index in [4.69, 9.17) is 24.4 Å². The van der Waals surface area contributed by atoms with Crippen molar-refractivity contribution in [1.29, 1.82) is 0 Å². The molecule has 2 atom stereocenters. The number of carbonyl (C=O) groups is 2. The Labute approximate surface area is 186 Å². The molecule has 0 unspecified atom stereocenters. The molecule has 0 radical (unpaired) electrons. The van der Waals surface area contributed by atoms with Crippen LogP contribution in [0.1, 0.15) is 46.4 Å². The maximum atomic E-state index is 12.3. The normalized spacial score (nSPS) is 18.0. The summed E-state index contributed by atoms with van der Waals surface area (Å²) >= 11 is 10.7. The minimum atomic E-state index is -0.251. The molecule has 1 aliphatic rings. The van der Waals surface area contributed by atoms with Gasteiger partial charge in [0.1, 0.15) is 0 Å². The highest BCUT2D eigenvalue weighted by Crippen LogP contribution is 2.18. The van der Waals surface area contributed by atoms with Crippen LogP contribution in [0.25, 0.3) is 0 Å². The van der Waals surface area contributed by atoms with Crippen LogP contribution < -0.4 is 21.3 Å². The first-order valence-corrected chi connectivity index (χ1v) is 10.7. The molecule has 8 heteroatoms. The van der Waals surface area contributed by atoms with Gasteiger partial charge < -0.3 is 10.6 Å². The largest absolute Gasteiger partial charge is 0.358 e. The zero-order chi connectivity index (χ0) is 21.3. The second-order valence-corrected chi connectivity index (χ2v) is 7.90. The van der Waals surface area contributed by atoms with Crippen molar-refractivity contribution < 1.29 is 9.59 Å². The highest BCUT2D eigenvalue weighted by Gasteiger charge is 2.27. The van der Waals surface area contributed by atoms with Crippen molar-refractivity contribution in [2.75, 3.05) is 0 Å². The van der Waals surface area contributed by atoms with Crippen LogP contribution in [-0.4, -0.2) is 34.1 Å². The molecule has 1 aliphatic carbocycles. The zero-order valence-corrected chi connectivity index (χ0v) is 18.0. The third kappa shape index (κ3) is 6.33. The van der Waals surface area contributed by atoms with E-state index in [0.717, 1.165) is 25.7 Å². The number of nitrogens with one attached hydrogen (secondary N) is 4.